The van der Waals surface area contributed by atoms with Crippen molar-refractivity contribution in [2.75, 3.05) is 13.1 Å². The monoisotopic (exact) mass is 257 g/mol. The van der Waals surface area contributed by atoms with E-state index in [2.05, 4.69) is 5.32 Å². The Kier molecular flexibility index (Phi) is 4.51. The van der Waals surface area contributed by atoms with E-state index in [1.165, 1.54) is 19.3 Å². The largest absolute Gasteiger partial charge is 0.317 e. The van der Waals surface area contributed by atoms with Crippen LogP contribution in [0.4, 0.5) is 0 Å². The van der Waals surface area contributed by atoms with Gasteiger partial charge in [0.1, 0.15) is 0 Å². The average molecular weight is 258 g/mol. The van der Waals surface area contributed by atoms with E-state index in [1.807, 2.05) is 18.2 Å². The molecule has 3 heteroatoms. The number of halogens is 2. The van der Waals surface area contributed by atoms with Gasteiger partial charge in [0.05, 0.1) is 0 Å². The summed E-state index contributed by atoms with van der Waals surface area (Å²) < 4.78 is 0. The van der Waals surface area contributed by atoms with Crippen LogP contribution in [0.5, 0.6) is 0 Å². The normalized spacial score (nSPS) is 21.8. The molecule has 1 aliphatic rings. The lowest BCUT2D eigenvalue weighted by atomic mass is 9.93. The molecule has 0 amide bonds. The predicted octanol–water partition coefficient (Wildman–Crippen LogP) is 3.93. The Morgan fingerprint density at radius 1 is 1.12 bits per heavy atom. The molecular formula is C13H17Cl2N. The molecule has 1 aliphatic heterocycles. The summed E-state index contributed by atoms with van der Waals surface area (Å²) in [5.74, 6) is 0.715. The molecule has 2 rings (SSSR count). The molecule has 0 radical (unpaired) electrons. The predicted molar refractivity (Wildman–Crippen MR) is 70.4 cm³/mol. The van der Waals surface area contributed by atoms with Crippen molar-refractivity contribution in [3.63, 3.8) is 0 Å². The second-order valence-electron chi connectivity index (χ2n) is 4.45. The summed E-state index contributed by atoms with van der Waals surface area (Å²) in [6.45, 7) is 2.26. The maximum atomic E-state index is 6.19. The van der Waals surface area contributed by atoms with E-state index >= 15 is 0 Å². The molecule has 0 aromatic heterocycles. The number of hydrogen-bond acceptors (Lipinski definition) is 1. The van der Waals surface area contributed by atoms with Gasteiger partial charge in [-0.2, -0.15) is 0 Å². The summed E-state index contributed by atoms with van der Waals surface area (Å²) in [4.78, 5) is 0. The number of rotatable bonds is 2. The van der Waals surface area contributed by atoms with Gasteiger partial charge < -0.3 is 5.32 Å². The molecule has 1 fully saturated rings. The second-order valence-corrected chi connectivity index (χ2v) is 5.27. The zero-order valence-corrected chi connectivity index (χ0v) is 10.8. The van der Waals surface area contributed by atoms with Crippen LogP contribution in [0.15, 0.2) is 18.2 Å². The molecule has 0 aliphatic carbocycles. The van der Waals surface area contributed by atoms with Crippen molar-refractivity contribution in [3.05, 3.63) is 33.8 Å². The molecule has 1 saturated heterocycles. The van der Waals surface area contributed by atoms with Gasteiger partial charge in [-0.15, -0.1) is 0 Å². The molecule has 16 heavy (non-hydrogen) atoms. The summed E-state index contributed by atoms with van der Waals surface area (Å²) >= 11 is 12.4. The van der Waals surface area contributed by atoms with Gasteiger partial charge in [0.25, 0.3) is 0 Å². The first-order valence-corrected chi connectivity index (χ1v) is 6.66. The van der Waals surface area contributed by atoms with Crippen molar-refractivity contribution in [1.82, 2.24) is 5.32 Å². The van der Waals surface area contributed by atoms with Crippen LogP contribution in [0.25, 0.3) is 0 Å². The summed E-state index contributed by atoms with van der Waals surface area (Å²) in [5.41, 5.74) is 1.12. The zero-order chi connectivity index (χ0) is 11.4. The summed E-state index contributed by atoms with van der Waals surface area (Å²) in [6, 6.07) is 5.76. The highest BCUT2D eigenvalue weighted by molar-refractivity contribution is 6.35. The number of benzene rings is 1. The Labute approximate surface area is 107 Å². The van der Waals surface area contributed by atoms with Gasteiger partial charge in [0.2, 0.25) is 0 Å². The summed E-state index contributed by atoms with van der Waals surface area (Å²) in [7, 11) is 0. The third kappa shape index (κ3) is 3.13. The van der Waals surface area contributed by atoms with Crippen molar-refractivity contribution in [2.45, 2.75) is 25.7 Å². The summed E-state index contributed by atoms with van der Waals surface area (Å²) in [6.07, 6.45) is 4.77. The molecule has 0 saturated carbocycles. The van der Waals surface area contributed by atoms with E-state index in [-0.39, 0.29) is 0 Å². The first kappa shape index (κ1) is 12.2. The van der Waals surface area contributed by atoms with Gasteiger partial charge in [0.15, 0.2) is 0 Å². The van der Waals surface area contributed by atoms with Gasteiger partial charge in [-0.05, 0) is 62.4 Å². The summed E-state index contributed by atoms with van der Waals surface area (Å²) in [5, 5.41) is 5.05. The lowest BCUT2D eigenvalue weighted by molar-refractivity contribution is 0.470. The van der Waals surface area contributed by atoms with Crippen LogP contribution < -0.4 is 5.32 Å². The van der Waals surface area contributed by atoms with Crippen LogP contribution in [-0.2, 0) is 6.42 Å². The van der Waals surface area contributed by atoms with Crippen LogP contribution >= 0.6 is 23.2 Å². The zero-order valence-electron chi connectivity index (χ0n) is 9.31. The number of nitrogens with one attached hydrogen (secondary N) is 1. The van der Waals surface area contributed by atoms with Gasteiger partial charge in [-0.1, -0.05) is 29.3 Å². The first-order chi connectivity index (χ1) is 7.77. The SMILES string of the molecule is Clc1cccc(Cl)c1CC1CCCNCC1. The molecule has 1 nitrogen and oxygen atoms in total. The van der Waals surface area contributed by atoms with Crippen LogP contribution in [0, 0.1) is 5.92 Å². The van der Waals surface area contributed by atoms with Crippen LogP contribution in [0.3, 0.4) is 0 Å². The van der Waals surface area contributed by atoms with Gasteiger partial charge in [-0.25, -0.2) is 0 Å². The van der Waals surface area contributed by atoms with Crippen molar-refractivity contribution < 1.29 is 0 Å². The highest BCUT2D eigenvalue weighted by Crippen LogP contribution is 2.29. The van der Waals surface area contributed by atoms with Crippen LogP contribution in [-0.4, -0.2) is 13.1 Å². The van der Waals surface area contributed by atoms with E-state index in [0.717, 1.165) is 35.1 Å². The van der Waals surface area contributed by atoms with E-state index in [0.29, 0.717) is 5.92 Å². The third-order valence-electron chi connectivity index (χ3n) is 3.25. The fourth-order valence-corrected chi connectivity index (χ4v) is 2.86. The Hall–Kier alpha value is -0.240. The molecule has 1 N–H and O–H groups in total. The molecule has 1 unspecified atom stereocenters. The quantitative estimate of drug-likeness (QED) is 0.847. The Bertz CT molecular complexity index is 324. The van der Waals surface area contributed by atoms with E-state index in [4.69, 9.17) is 23.2 Å². The van der Waals surface area contributed by atoms with Gasteiger partial charge >= 0.3 is 0 Å². The van der Waals surface area contributed by atoms with Crippen LogP contribution in [0.2, 0.25) is 10.0 Å². The fraction of sp³-hybridized carbons (Fsp3) is 0.538. The van der Waals surface area contributed by atoms with Crippen molar-refractivity contribution >= 4 is 23.2 Å². The highest BCUT2D eigenvalue weighted by Gasteiger charge is 2.15. The van der Waals surface area contributed by atoms with Crippen molar-refractivity contribution in [2.24, 2.45) is 5.92 Å². The lowest BCUT2D eigenvalue weighted by Gasteiger charge is -2.15. The fourth-order valence-electron chi connectivity index (χ4n) is 2.31. The number of hydrogen-bond donors (Lipinski definition) is 1. The third-order valence-corrected chi connectivity index (χ3v) is 3.96. The standard InChI is InChI=1S/C13H17Cl2N/c14-12-4-1-5-13(15)11(12)9-10-3-2-7-16-8-6-10/h1,4-5,10,16H,2-3,6-9H2. The molecule has 1 atom stereocenters. The minimum absolute atomic E-state index is 0.715. The Morgan fingerprint density at radius 3 is 2.62 bits per heavy atom. The topological polar surface area (TPSA) is 12.0 Å². The maximum absolute atomic E-state index is 6.19. The van der Waals surface area contributed by atoms with E-state index in [9.17, 15) is 0 Å². The second kappa shape index (κ2) is 5.90. The molecule has 1 heterocycles. The smallest absolute Gasteiger partial charge is 0.0452 e. The Balaban J connectivity index is 2.07. The first-order valence-electron chi connectivity index (χ1n) is 5.91. The minimum atomic E-state index is 0.715. The average Bonchev–Trinajstić information content (AvgIpc) is 2.52. The lowest BCUT2D eigenvalue weighted by Crippen LogP contribution is -2.14. The van der Waals surface area contributed by atoms with E-state index in [1.54, 1.807) is 0 Å². The maximum Gasteiger partial charge on any atom is 0.0452 e. The van der Waals surface area contributed by atoms with Crippen molar-refractivity contribution in [1.29, 1.82) is 0 Å². The minimum Gasteiger partial charge on any atom is -0.317 e. The van der Waals surface area contributed by atoms with Crippen LogP contribution in [0.1, 0.15) is 24.8 Å². The molecule has 1 aromatic rings. The Morgan fingerprint density at radius 2 is 1.88 bits per heavy atom. The molecule has 0 bridgehead atoms. The van der Waals surface area contributed by atoms with Gasteiger partial charge in [0, 0.05) is 10.0 Å². The van der Waals surface area contributed by atoms with Gasteiger partial charge in [-0.3, -0.25) is 0 Å². The molecule has 1 aromatic carbocycles. The highest BCUT2D eigenvalue weighted by atomic mass is 35.5. The molecule has 88 valence electrons. The molecular weight excluding hydrogens is 241 g/mol. The van der Waals surface area contributed by atoms with E-state index < -0.39 is 0 Å². The molecule has 0 spiro atoms. The van der Waals surface area contributed by atoms with Crippen molar-refractivity contribution in [3.8, 4) is 0 Å².